The van der Waals surface area contributed by atoms with Crippen molar-refractivity contribution in [1.82, 2.24) is 10.2 Å². The third-order valence-corrected chi connectivity index (χ3v) is 3.37. The van der Waals surface area contributed by atoms with Crippen LogP contribution in [0, 0.1) is 5.92 Å². The van der Waals surface area contributed by atoms with E-state index >= 15 is 0 Å². The average Bonchev–Trinajstić information content (AvgIpc) is 2.67. The molecule has 0 bridgehead atoms. The van der Waals surface area contributed by atoms with Gasteiger partial charge in [-0.05, 0) is 39.4 Å². The molecule has 0 spiro atoms. The molecule has 1 saturated carbocycles. The molecule has 1 aliphatic rings. The number of rotatable bonds is 7. The third-order valence-electron chi connectivity index (χ3n) is 3.37. The van der Waals surface area contributed by atoms with E-state index in [9.17, 15) is 0 Å². The Bertz CT molecular complexity index is 130. The molecule has 0 amide bonds. The molecule has 0 radical (unpaired) electrons. The van der Waals surface area contributed by atoms with Crippen molar-refractivity contribution in [2.24, 2.45) is 5.92 Å². The quantitative estimate of drug-likeness (QED) is 0.674. The van der Waals surface area contributed by atoms with Gasteiger partial charge >= 0.3 is 0 Å². The van der Waals surface area contributed by atoms with Gasteiger partial charge in [-0.25, -0.2) is 0 Å². The molecule has 84 valence electrons. The summed E-state index contributed by atoms with van der Waals surface area (Å²) in [5, 5.41) is 3.19. The lowest BCUT2D eigenvalue weighted by molar-refractivity contribution is 0.314. The highest BCUT2D eigenvalue weighted by molar-refractivity contribution is 4.67. The van der Waals surface area contributed by atoms with E-state index in [-0.39, 0.29) is 0 Å². The third kappa shape index (κ3) is 4.97. The van der Waals surface area contributed by atoms with Gasteiger partial charge in [0.1, 0.15) is 0 Å². The van der Waals surface area contributed by atoms with E-state index in [0.29, 0.717) is 0 Å². The number of nitrogens with zero attached hydrogens (tertiary/aromatic N) is 1. The van der Waals surface area contributed by atoms with Gasteiger partial charge in [0.25, 0.3) is 0 Å². The summed E-state index contributed by atoms with van der Waals surface area (Å²) in [5.74, 6) is 1.06. The average molecular weight is 198 g/mol. The molecule has 14 heavy (non-hydrogen) atoms. The second-order valence-electron chi connectivity index (χ2n) is 4.70. The lowest BCUT2D eigenvalue weighted by atomic mass is 10.0. The summed E-state index contributed by atoms with van der Waals surface area (Å²) < 4.78 is 0. The summed E-state index contributed by atoms with van der Waals surface area (Å²) >= 11 is 0. The summed E-state index contributed by atoms with van der Waals surface area (Å²) in [6.45, 7) is 3.57. The molecule has 0 aromatic carbocycles. The van der Waals surface area contributed by atoms with E-state index < -0.39 is 0 Å². The van der Waals surface area contributed by atoms with Crippen molar-refractivity contribution in [2.75, 3.05) is 33.7 Å². The molecule has 0 aromatic rings. The summed E-state index contributed by atoms with van der Waals surface area (Å²) in [5.41, 5.74) is 0. The summed E-state index contributed by atoms with van der Waals surface area (Å²) in [6, 6.07) is 0. The Hall–Kier alpha value is -0.0800. The normalized spacial score (nSPS) is 18.2. The van der Waals surface area contributed by atoms with Crippen LogP contribution in [-0.4, -0.2) is 38.6 Å². The topological polar surface area (TPSA) is 15.3 Å². The van der Waals surface area contributed by atoms with Crippen LogP contribution in [0.25, 0.3) is 0 Å². The van der Waals surface area contributed by atoms with Crippen molar-refractivity contribution in [3.63, 3.8) is 0 Å². The molecule has 2 heteroatoms. The summed E-state index contributed by atoms with van der Waals surface area (Å²) in [7, 11) is 4.25. The summed E-state index contributed by atoms with van der Waals surface area (Å²) in [6.07, 6.45) is 8.83. The van der Waals surface area contributed by atoms with Crippen LogP contribution in [0.2, 0.25) is 0 Å². The molecule has 0 saturated heterocycles. The maximum Gasteiger partial charge on any atom is 0.0104 e. The summed E-state index contributed by atoms with van der Waals surface area (Å²) in [4.78, 5) is 2.44. The largest absolute Gasteiger partial charge is 0.318 e. The van der Waals surface area contributed by atoms with Gasteiger partial charge in [-0.1, -0.05) is 25.7 Å². The minimum Gasteiger partial charge on any atom is -0.318 e. The molecule has 2 nitrogen and oxygen atoms in total. The second-order valence-corrected chi connectivity index (χ2v) is 4.70. The van der Waals surface area contributed by atoms with Crippen LogP contribution < -0.4 is 5.32 Å². The minimum absolute atomic E-state index is 1.06. The lowest BCUT2D eigenvalue weighted by Gasteiger charge is -2.17. The van der Waals surface area contributed by atoms with E-state index in [1.165, 1.54) is 51.6 Å². The Morgan fingerprint density at radius 2 is 1.93 bits per heavy atom. The molecule has 1 N–H and O–H groups in total. The second kappa shape index (κ2) is 7.24. The zero-order valence-corrected chi connectivity index (χ0v) is 9.89. The maximum atomic E-state index is 3.19. The van der Waals surface area contributed by atoms with Gasteiger partial charge < -0.3 is 10.2 Å². The minimum atomic E-state index is 1.06. The molecular weight excluding hydrogens is 172 g/mol. The molecule has 1 aliphatic carbocycles. The highest BCUT2D eigenvalue weighted by Crippen LogP contribution is 2.28. The fourth-order valence-electron chi connectivity index (χ4n) is 2.36. The number of hydrogen-bond donors (Lipinski definition) is 1. The monoisotopic (exact) mass is 198 g/mol. The van der Waals surface area contributed by atoms with Gasteiger partial charge in [0.2, 0.25) is 0 Å². The number of likely N-dealkylation sites (N-methyl/N-ethyl adjacent to an activating group) is 2. The molecule has 0 aromatic heterocycles. The van der Waals surface area contributed by atoms with Gasteiger partial charge in [0.15, 0.2) is 0 Å². The first-order valence-corrected chi connectivity index (χ1v) is 6.16. The van der Waals surface area contributed by atoms with Crippen LogP contribution in [0.15, 0.2) is 0 Å². The van der Waals surface area contributed by atoms with Crippen molar-refractivity contribution in [2.45, 2.75) is 38.5 Å². The standard InChI is InChI=1S/C12H26N2/c1-13-9-11-14(2)10-5-8-12-6-3-4-7-12/h12-13H,3-11H2,1-2H3. The predicted molar refractivity (Wildman–Crippen MR) is 62.6 cm³/mol. The van der Waals surface area contributed by atoms with E-state index in [1.807, 2.05) is 7.05 Å². The van der Waals surface area contributed by atoms with Crippen molar-refractivity contribution < 1.29 is 0 Å². The predicted octanol–water partition coefficient (Wildman–Crippen LogP) is 2.11. The molecular formula is C12H26N2. The molecule has 1 rings (SSSR count). The van der Waals surface area contributed by atoms with Crippen LogP contribution in [0.1, 0.15) is 38.5 Å². The first kappa shape index (κ1) is 12.0. The van der Waals surface area contributed by atoms with Crippen LogP contribution in [-0.2, 0) is 0 Å². The molecule has 0 aliphatic heterocycles. The van der Waals surface area contributed by atoms with E-state index in [0.717, 1.165) is 12.5 Å². The zero-order valence-electron chi connectivity index (χ0n) is 9.89. The van der Waals surface area contributed by atoms with Crippen molar-refractivity contribution >= 4 is 0 Å². The molecule has 0 atom stereocenters. The van der Waals surface area contributed by atoms with Crippen LogP contribution in [0.4, 0.5) is 0 Å². The van der Waals surface area contributed by atoms with Gasteiger partial charge in [-0.2, -0.15) is 0 Å². The van der Waals surface area contributed by atoms with Crippen molar-refractivity contribution in [3.8, 4) is 0 Å². The fourth-order valence-corrected chi connectivity index (χ4v) is 2.36. The number of nitrogens with one attached hydrogen (secondary N) is 1. The first-order chi connectivity index (χ1) is 6.83. The van der Waals surface area contributed by atoms with E-state index in [1.54, 1.807) is 0 Å². The Kier molecular flexibility index (Phi) is 6.20. The maximum absolute atomic E-state index is 3.19. The van der Waals surface area contributed by atoms with Gasteiger partial charge in [-0.3, -0.25) is 0 Å². The SMILES string of the molecule is CNCCN(C)CCCC1CCCC1. The van der Waals surface area contributed by atoms with Crippen molar-refractivity contribution in [1.29, 1.82) is 0 Å². The van der Waals surface area contributed by atoms with Crippen LogP contribution in [0.3, 0.4) is 0 Å². The van der Waals surface area contributed by atoms with Crippen molar-refractivity contribution in [3.05, 3.63) is 0 Å². The van der Waals surface area contributed by atoms with Gasteiger partial charge in [-0.15, -0.1) is 0 Å². The van der Waals surface area contributed by atoms with E-state index in [2.05, 4.69) is 17.3 Å². The highest BCUT2D eigenvalue weighted by atomic mass is 15.1. The molecule has 0 heterocycles. The molecule has 0 unspecified atom stereocenters. The van der Waals surface area contributed by atoms with Crippen LogP contribution in [0.5, 0.6) is 0 Å². The lowest BCUT2D eigenvalue weighted by Crippen LogP contribution is -2.28. The zero-order chi connectivity index (χ0) is 10.2. The van der Waals surface area contributed by atoms with E-state index in [4.69, 9.17) is 0 Å². The van der Waals surface area contributed by atoms with Gasteiger partial charge in [0.05, 0.1) is 0 Å². The Morgan fingerprint density at radius 1 is 1.21 bits per heavy atom. The number of hydrogen-bond acceptors (Lipinski definition) is 2. The van der Waals surface area contributed by atoms with Gasteiger partial charge in [0, 0.05) is 13.1 Å². The highest BCUT2D eigenvalue weighted by Gasteiger charge is 2.14. The van der Waals surface area contributed by atoms with Crippen LogP contribution >= 0.6 is 0 Å². The molecule has 1 fully saturated rings. The Labute approximate surface area is 89.1 Å². The Balaban J connectivity index is 1.91. The Morgan fingerprint density at radius 3 is 2.57 bits per heavy atom. The fraction of sp³-hybridized carbons (Fsp3) is 1.00. The first-order valence-electron chi connectivity index (χ1n) is 6.16. The smallest absolute Gasteiger partial charge is 0.0104 e.